The number of ether oxygens (including phenoxy) is 1. The van der Waals surface area contributed by atoms with Gasteiger partial charge in [-0.25, -0.2) is 4.98 Å². The summed E-state index contributed by atoms with van der Waals surface area (Å²) >= 11 is 1.61. The molecule has 20 heavy (non-hydrogen) atoms. The molecule has 106 valence electrons. The highest BCUT2D eigenvalue weighted by molar-refractivity contribution is 7.99. The second kappa shape index (κ2) is 5.97. The van der Waals surface area contributed by atoms with E-state index in [2.05, 4.69) is 4.98 Å². The number of hydrogen-bond donors (Lipinski definition) is 0. The van der Waals surface area contributed by atoms with Crippen molar-refractivity contribution in [1.82, 2.24) is 9.55 Å². The molecule has 0 N–H and O–H groups in total. The van der Waals surface area contributed by atoms with Gasteiger partial charge in [-0.2, -0.15) is 0 Å². The molecular formula is C15H18N2O2S. The van der Waals surface area contributed by atoms with Gasteiger partial charge in [-0.05, 0) is 31.9 Å². The van der Waals surface area contributed by atoms with Crippen LogP contribution >= 0.6 is 11.8 Å². The summed E-state index contributed by atoms with van der Waals surface area (Å²) in [6, 6.07) is 7.92. The van der Waals surface area contributed by atoms with Crippen LogP contribution in [0.2, 0.25) is 0 Å². The molecule has 0 atom stereocenters. The number of hydrogen-bond acceptors (Lipinski definition) is 4. The topological polar surface area (TPSA) is 44.1 Å². The maximum absolute atomic E-state index is 12.6. The normalized spacial score (nSPS) is 14.8. The Hall–Kier alpha value is -1.33. The third kappa shape index (κ3) is 2.74. The number of para-hydroxylation sites is 1. The third-order valence-corrected chi connectivity index (χ3v) is 4.27. The van der Waals surface area contributed by atoms with Gasteiger partial charge < -0.3 is 4.74 Å². The van der Waals surface area contributed by atoms with Crippen LogP contribution in [-0.4, -0.2) is 28.5 Å². The number of aromatic nitrogens is 2. The number of thioether (sulfide) groups is 1. The minimum atomic E-state index is 0.0945. The molecule has 1 fully saturated rings. The van der Waals surface area contributed by atoms with E-state index in [-0.39, 0.29) is 5.56 Å². The summed E-state index contributed by atoms with van der Waals surface area (Å²) in [6.45, 7) is 3.40. The lowest BCUT2D eigenvalue weighted by atomic mass is 10.2. The molecule has 0 saturated heterocycles. The van der Waals surface area contributed by atoms with Gasteiger partial charge in [0.1, 0.15) is 0 Å². The molecule has 1 aromatic heterocycles. The van der Waals surface area contributed by atoms with Crippen LogP contribution in [0.3, 0.4) is 0 Å². The zero-order chi connectivity index (χ0) is 13.9. The predicted molar refractivity (Wildman–Crippen MR) is 81.5 cm³/mol. The second-order valence-electron chi connectivity index (χ2n) is 4.86. The van der Waals surface area contributed by atoms with E-state index in [0.29, 0.717) is 18.0 Å². The fourth-order valence-corrected chi connectivity index (χ4v) is 3.14. The third-order valence-electron chi connectivity index (χ3n) is 3.35. The van der Waals surface area contributed by atoms with Crippen molar-refractivity contribution >= 4 is 22.7 Å². The van der Waals surface area contributed by atoms with Crippen LogP contribution in [0.25, 0.3) is 10.9 Å². The predicted octanol–water partition coefficient (Wildman–Crippen LogP) is 2.86. The molecule has 3 rings (SSSR count). The molecule has 5 heteroatoms. The second-order valence-corrected chi connectivity index (χ2v) is 5.93. The molecule has 1 heterocycles. The summed E-state index contributed by atoms with van der Waals surface area (Å²) < 4.78 is 7.23. The van der Waals surface area contributed by atoms with Crippen LogP contribution in [0.4, 0.5) is 0 Å². The van der Waals surface area contributed by atoms with Crippen molar-refractivity contribution in [3.05, 3.63) is 34.6 Å². The molecule has 4 nitrogen and oxygen atoms in total. The Morgan fingerprint density at radius 3 is 2.95 bits per heavy atom. The van der Waals surface area contributed by atoms with E-state index in [9.17, 15) is 4.79 Å². The van der Waals surface area contributed by atoms with Crippen LogP contribution in [-0.2, 0) is 4.74 Å². The smallest absolute Gasteiger partial charge is 0.262 e. The minimum absolute atomic E-state index is 0.0945. The van der Waals surface area contributed by atoms with Crippen LogP contribution in [0.15, 0.2) is 34.2 Å². The van der Waals surface area contributed by atoms with E-state index in [1.807, 2.05) is 35.8 Å². The van der Waals surface area contributed by atoms with Gasteiger partial charge in [0.25, 0.3) is 5.56 Å². The van der Waals surface area contributed by atoms with Gasteiger partial charge in [0, 0.05) is 18.4 Å². The maximum Gasteiger partial charge on any atom is 0.262 e. The highest BCUT2D eigenvalue weighted by Gasteiger charge is 2.28. The van der Waals surface area contributed by atoms with E-state index in [1.165, 1.54) is 0 Å². The van der Waals surface area contributed by atoms with Crippen molar-refractivity contribution in [2.45, 2.75) is 31.0 Å². The van der Waals surface area contributed by atoms with Gasteiger partial charge in [-0.15, -0.1) is 0 Å². The van der Waals surface area contributed by atoms with Gasteiger partial charge in [-0.1, -0.05) is 23.9 Å². The molecule has 1 aliphatic rings. The van der Waals surface area contributed by atoms with Crippen LogP contribution in [0.1, 0.15) is 25.8 Å². The average Bonchev–Trinajstić information content (AvgIpc) is 3.28. The van der Waals surface area contributed by atoms with Gasteiger partial charge in [0.15, 0.2) is 5.16 Å². The SMILES string of the molecule is CCOCCSc1nc2ccccc2c(=O)n1C1CC1. The molecule has 0 spiro atoms. The van der Waals surface area contributed by atoms with Crippen molar-refractivity contribution in [3.63, 3.8) is 0 Å². The first-order valence-electron chi connectivity index (χ1n) is 7.03. The summed E-state index contributed by atoms with van der Waals surface area (Å²) in [4.78, 5) is 17.3. The lowest BCUT2D eigenvalue weighted by Gasteiger charge is -2.12. The molecule has 0 unspecified atom stereocenters. The first-order valence-corrected chi connectivity index (χ1v) is 8.01. The summed E-state index contributed by atoms with van der Waals surface area (Å²) in [5.41, 5.74) is 0.880. The Kier molecular flexibility index (Phi) is 4.08. The fourth-order valence-electron chi connectivity index (χ4n) is 2.22. The van der Waals surface area contributed by atoms with Gasteiger partial charge in [0.2, 0.25) is 0 Å². The summed E-state index contributed by atoms with van der Waals surface area (Å²) in [7, 11) is 0. The number of nitrogens with zero attached hydrogens (tertiary/aromatic N) is 2. The fraction of sp³-hybridized carbons (Fsp3) is 0.467. The first kappa shape index (κ1) is 13.6. The standard InChI is InChI=1S/C15H18N2O2S/c1-2-19-9-10-20-15-16-13-6-4-3-5-12(13)14(18)17(15)11-7-8-11/h3-6,11H,2,7-10H2,1H3. The monoisotopic (exact) mass is 290 g/mol. The molecule has 1 aromatic carbocycles. The Morgan fingerprint density at radius 2 is 2.20 bits per heavy atom. The highest BCUT2D eigenvalue weighted by atomic mass is 32.2. The van der Waals surface area contributed by atoms with E-state index in [4.69, 9.17) is 4.74 Å². The van der Waals surface area contributed by atoms with Gasteiger partial charge in [0.05, 0.1) is 17.5 Å². The lowest BCUT2D eigenvalue weighted by molar-refractivity contribution is 0.164. The van der Waals surface area contributed by atoms with Crippen molar-refractivity contribution < 1.29 is 4.74 Å². The minimum Gasteiger partial charge on any atom is -0.381 e. The molecule has 2 aromatic rings. The van der Waals surface area contributed by atoms with Crippen molar-refractivity contribution in [1.29, 1.82) is 0 Å². The van der Waals surface area contributed by atoms with E-state index in [1.54, 1.807) is 11.8 Å². The van der Waals surface area contributed by atoms with Crippen molar-refractivity contribution in [2.75, 3.05) is 19.0 Å². The molecule has 1 aliphatic carbocycles. The number of benzene rings is 1. The molecule has 0 bridgehead atoms. The quantitative estimate of drug-likeness (QED) is 0.466. The molecule has 0 amide bonds. The highest BCUT2D eigenvalue weighted by Crippen LogP contribution is 2.36. The van der Waals surface area contributed by atoms with E-state index < -0.39 is 0 Å². The summed E-state index contributed by atoms with van der Waals surface area (Å²) in [6.07, 6.45) is 2.16. The van der Waals surface area contributed by atoms with E-state index >= 15 is 0 Å². The Bertz CT molecular complexity index is 664. The Morgan fingerprint density at radius 1 is 1.40 bits per heavy atom. The van der Waals surface area contributed by atoms with Gasteiger partial charge >= 0.3 is 0 Å². The Labute approximate surface area is 122 Å². The zero-order valence-electron chi connectivity index (χ0n) is 11.5. The number of rotatable bonds is 6. The molecule has 1 saturated carbocycles. The van der Waals surface area contributed by atoms with Crippen LogP contribution in [0.5, 0.6) is 0 Å². The summed E-state index contributed by atoms with van der Waals surface area (Å²) in [5, 5.41) is 1.55. The Balaban J connectivity index is 1.96. The largest absolute Gasteiger partial charge is 0.381 e. The lowest BCUT2D eigenvalue weighted by Crippen LogP contribution is -2.22. The average molecular weight is 290 g/mol. The maximum atomic E-state index is 12.6. The molecular weight excluding hydrogens is 272 g/mol. The first-order chi connectivity index (χ1) is 9.81. The summed E-state index contributed by atoms with van der Waals surface area (Å²) in [5.74, 6) is 0.825. The van der Waals surface area contributed by atoms with Crippen molar-refractivity contribution in [3.8, 4) is 0 Å². The zero-order valence-corrected chi connectivity index (χ0v) is 12.4. The van der Waals surface area contributed by atoms with E-state index in [0.717, 1.165) is 35.9 Å². The van der Waals surface area contributed by atoms with Crippen LogP contribution < -0.4 is 5.56 Å². The van der Waals surface area contributed by atoms with Crippen LogP contribution in [0, 0.1) is 0 Å². The van der Waals surface area contributed by atoms with Gasteiger partial charge in [-0.3, -0.25) is 9.36 Å². The van der Waals surface area contributed by atoms with Crippen molar-refractivity contribution in [2.24, 2.45) is 0 Å². The molecule has 0 aliphatic heterocycles. The number of fused-ring (bicyclic) bond motifs is 1. The molecule has 0 radical (unpaired) electrons.